The van der Waals surface area contributed by atoms with Crippen molar-refractivity contribution < 1.29 is 14.4 Å². The zero-order valence-electron chi connectivity index (χ0n) is 15.2. The first kappa shape index (κ1) is 17.3. The quantitative estimate of drug-likeness (QED) is 0.783. The average Bonchev–Trinajstić information content (AvgIpc) is 2.98. The average molecular weight is 363 g/mol. The van der Waals surface area contributed by atoms with Crippen molar-refractivity contribution in [1.29, 1.82) is 0 Å². The van der Waals surface area contributed by atoms with Crippen LogP contribution in [0.5, 0.6) is 0 Å². The number of benzene rings is 2. The number of nitrogens with zero attached hydrogens (tertiary/aromatic N) is 3. The molecule has 6 nitrogen and oxygen atoms in total. The van der Waals surface area contributed by atoms with Gasteiger partial charge in [0.15, 0.2) is 0 Å². The van der Waals surface area contributed by atoms with Gasteiger partial charge in [-0.15, -0.1) is 0 Å². The Bertz CT molecular complexity index is 854. The largest absolute Gasteiger partial charge is 0.368 e. The third kappa shape index (κ3) is 2.97. The first-order valence-electron chi connectivity index (χ1n) is 9.13. The Kier molecular flexibility index (Phi) is 4.39. The van der Waals surface area contributed by atoms with Crippen LogP contribution in [-0.2, 0) is 4.79 Å². The third-order valence-electron chi connectivity index (χ3n) is 5.28. The van der Waals surface area contributed by atoms with E-state index in [2.05, 4.69) is 17.0 Å². The Morgan fingerprint density at radius 3 is 1.89 bits per heavy atom. The molecule has 1 atom stereocenters. The van der Waals surface area contributed by atoms with Crippen LogP contribution in [0, 0.1) is 0 Å². The Balaban J connectivity index is 1.44. The summed E-state index contributed by atoms with van der Waals surface area (Å²) in [5.41, 5.74) is 1.88. The molecule has 4 rings (SSSR count). The number of fused-ring (bicyclic) bond motifs is 1. The zero-order chi connectivity index (χ0) is 19.0. The maximum absolute atomic E-state index is 12.9. The van der Waals surface area contributed by atoms with Crippen LogP contribution in [0.1, 0.15) is 27.6 Å². The summed E-state index contributed by atoms with van der Waals surface area (Å²) in [6.07, 6.45) is 0. The standard InChI is InChI=1S/C21H21N3O3/c1-15(24-20(26)17-9-5-6-10-18(17)21(24)27)19(25)23-13-11-22(12-14-23)16-7-3-2-4-8-16/h2-10,15H,11-14H2,1H3/t15-/m0/s1. The smallest absolute Gasteiger partial charge is 0.262 e. The number of para-hydroxylation sites is 1. The molecule has 3 amide bonds. The highest BCUT2D eigenvalue weighted by molar-refractivity contribution is 6.22. The van der Waals surface area contributed by atoms with Gasteiger partial charge in [0.1, 0.15) is 6.04 Å². The summed E-state index contributed by atoms with van der Waals surface area (Å²) in [5, 5.41) is 0. The van der Waals surface area contributed by atoms with E-state index in [9.17, 15) is 14.4 Å². The molecule has 0 spiro atoms. The molecule has 0 aliphatic carbocycles. The van der Waals surface area contributed by atoms with Crippen LogP contribution < -0.4 is 4.90 Å². The number of hydrogen-bond acceptors (Lipinski definition) is 4. The van der Waals surface area contributed by atoms with Gasteiger partial charge in [-0.2, -0.15) is 0 Å². The van der Waals surface area contributed by atoms with Gasteiger partial charge < -0.3 is 9.80 Å². The van der Waals surface area contributed by atoms with Crippen LogP contribution in [0.4, 0.5) is 5.69 Å². The van der Waals surface area contributed by atoms with Gasteiger partial charge in [-0.3, -0.25) is 19.3 Å². The minimum absolute atomic E-state index is 0.183. The molecule has 2 aromatic rings. The lowest BCUT2D eigenvalue weighted by atomic mass is 10.1. The summed E-state index contributed by atoms with van der Waals surface area (Å²) >= 11 is 0. The molecular weight excluding hydrogens is 342 g/mol. The molecule has 1 saturated heterocycles. The molecule has 138 valence electrons. The second-order valence-electron chi connectivity index (χ2n) is 6.85. The fourth-order valence-electron chi connectivity index (χ4n) is 3.76. The van der Waals surface area contributed by atoms with Crippen molar-refractivity contribution in [3.05, 3.63) is 65.7 Å². The van der Waals surface area contributed by atoms with Gasteiger partial charge in [0.25, 0.3) is 11.8 Å². The van der Waals surface area contributed by atoms with Gasteiger partial charge in [0.2, 0.25) is 5.91 Å². The molecule has 27 heavy (non-hydrogen) atoms. The van der Waals surface area contributed by atoms with Crippen LogP contribution in [0.2, 0.25) is 0 Å². The van der Waals surface area contributed by atoms with Crippen molar-refractivity contribution >= 4 is 23.4 Å². The van der Waals surface area contributed by atoms with Crippen LogP contribution in [0.25, 0.3) is 0 Å². The molecule has 1 fully saturated rings. The molecular formula is C21H21N3O3. The van der Waals surface area contributed by atoms with Gasteiger partial charge in [-0.25, -0.2) is 0 Å². The van der Waals surface area contributed by atoms with Gasteiger partial charge in [-0.1, -0.05) is 30.3 Å². The first-order valence-corrected chi connectivity index (χ1v) is 9.13. The van der Waals surface area contributed by atoms with Gasteiger partial charge in [-0.05, 0) is 31.2 Å². The molecule has 6 heteroatoms. The van der Waals surface area contributed by atoms with E-state index in [1.807, 2.05) is 18.2 Å². The molecule has 0 radical (unpaired) electrons. The van der Waals surface area contributed by atoms with Crippen LogP contribution in [-0.4, -0.2) is 59.7 Å². The number of anilines is 1. The summed E-state index contributed by atoms with van der Waals surface area (Å²) in [6, 6.07) is 16.0. The van der Waals surface area contributed by atoms with Crippen molar-refractivity contribution in [2.24, 2.45) is 0 Å². The topological polar surface area (TPSA) is 60.9 Å². The molecule has 0 aromatic heterocycles. The minimum Gasteiger partial charge on any atom is -0.368 e. The summed E-state index contributed by atoms with van der Waals surface area (Å²) in [7, 11) is 0. The summed E-state index contributed by atoms with van der Waals surface area (Å²) in [6.45, 7) is 4.23. The predicted octanol–water partition coefficient (Wildman–Crippen LogP) is 2.02. The summed E-state index contributed by atoms with van der Waals surface area (Å²) < 4.78 is 0. The number of carbonyl (C=O) groups excluding carboxylic acids is 3. The van der Waals surface area contributed by atoms with E-state index in [0.717, 1.165) is 23.7 Å². The zero-order valence-corrected chi connectivity index (χ0v) is 15.2. The maximum Gasteiger partial charge on any atom is 0.262 e. The third-order valence-corrected chi connectivity index (χ3v) is 5.28. The van der Waals surface area contributed by atoms with E-state index in [1.54, 1.807) is 36.1 Å². The van der Waals surface area contributed by atoms with E-state index in [1.165, 1.54) is 0 Å². The number of amides is 3. The van der Waals surface area contributed by atoms with E-state index in [-0.39, 0.29) is 17.7 Å². The monoisotopic (exact) mass is 363 g/mol. The molecule has 0 saturated carbocycles. The Labute approximate surface area is 158 Å². The predicted molar refractivity (Wildman–Crippen MR) is 102 cm³/mol. The lowest BCUT2D eigenvalue weighted by Crippen LogP contribution is -2.55. The van der Waals surface area contributed by atoms with Crippen LogP contribution in [0.3, 0.4) is 0 Å². The second-order valence-corrected chi connectivity index (χ2v) is 6.85. The highest BCUT2D eigenvalue weighted by Crippen LogP contribution is 2.25. The molecule has 0 N–H and O–H groups in total. The first-order chi connectivity index (χ1) is 13.1. The van der Waals surface area contributed by atoms with Crippen molar-refractivity contribution in [2.75, 3.05) is 31.1 Å². The lowest BCUT2D eigenvalue weighted by molar-refractivity contribution is -0.135. The Morgan fingerprint density at radius 1 is 0.815 bits per heavy atom. The molecule has 0 unspecified atom stereocenters. The van der Waals surface area contributed by atoms with Gasteiger partial charge >= 0.3 is 0 Å². The van der Waals surface area contributed by atoms with E-state index < -0.39 is 6.04 Å². The summed E-state index contributed by atoms with van der Waals surface area (Å²) in [4.78, 5) is 43.2. The van der Waals surface area contributed by atoms with Crippen LogP contribution >= 0.6 is 0 Å². The molecule has 2 aliphatic rings. The summed E-state index contributed by atoms with van der Waals surface area (Å²) in [5.74, 6) is -0.962. The van der Waals surface area contributed by atoms with Gasteiger partial charge in [0, 0.05) is 31.9 Å². The highest BCUT2D eigenvalue weighted by Gasteiger charge is 2.42. The van der Waals surface area contributed by atoms with E-state index in [4.69, 9.17) is 0 Å². The fraction of sp³-hybridized carbons (Fsp3) is 0.286. The number of imide groups is 1. The number of carbonyl (C=O) groups is 3. The van der Waals surface area contributed by atoms with Crippen molar-refractivity contribution in [3.63, 3.8) is 0 Å². The van der Waals surface area contributed by atoms with Crippen LogP contribution in [0.15, 0.2) is 54.6 Å². The molecule has 2 aliphatic heterocycles. The molecule has 2 heterocycles. The number of piperazine rings is 1. The molecule has 2 aromatic carbocycles. The second kappa shape index (κ2) is 6.87. The lowest BCUT2D eigenvalue weighted by Gasteiger charge is -2.38. The minimum atomic E-state index is -0.805. The SMILES string of the molecule is C[C@@H](C(=O)N1CCN(c2ccccc2)CC1)N1C(=O)c2ccccc2C1=O. The van der Waals surface area contributed by atoms with E-state index in [0.29, 0.717) is 24.2 Å². The number of hydrogen-bond donors (Lipinski definition) is 0. The highest BCUT2D eigenvalue weighted by atomic mass is 16.2. The number of rotatable bonds is 3. The van der Waals surface area contributed by atoms with Gasteiger partial charge in [0.05, 0.1) is 11.1 Å². The normalized spacial score (nSPS) is 17.9. The van der Waals surface area contributed by atoms with Crippen molar-refractivity contribution in [3.8, 4) is 0 Å². The van der Waals surface area contributed by atoms with Crippen molar-refractivity contribution in [2.45, 2.75) is 13.0 Å². The maximum atomic E-state index is 12.9. The Morgan fingerprint density at radius 2 is 1.33 bits per heavy atom. The fourth-order valence-corrected chi connectivity index (χ4v) is 3.76. The van der Waals surface area contributed by atoms with E-state index >= 15 is 0 Å². The van der Waals surface area contributed by atoms with Crippen molar-refractivity contribution in [1.82, 2.24) is 9.80 Å². The molecule has 0 bridgehead atoms. The Hall–Kier alpha value is -3.15.